The molecule has 0 saturated carbocycles. The molecule has 0 aromatic carbocycles. The molecule has 2 N–H and O–H groups in total. The average Bonchev–Trinajstić information content (AvgIpc) is 2.76. The van der Waals surface area contributed by atoms with Crippen LogP contribution in [-0.2, 0) is 0 Å². The molecule has 21 heavy (non-hydrogen) atoms. The second-order valence-electron chi connectivity index (χ2n) is 6.07. The molecule has 0 aliphatic carbocycles. The van der Waals surface area contributed by atoms with Gasteiger partial charge in [0.25, 0.3) is 0 Å². The van der Waals surface area contributed by atoms with Gasteiger partial charge in [0.1, 0.15) is 10.6 Å². The van der Waals surface area contributed by atoms with E-state index in [-0.39, 0.29) is 0 Å². The van der Waals surface area contributed by atoms with E-state index >= 15 is 0 Å². The van der Waals surface area contributed by atoms with Crippen molar-refractivity contribution in [2.45, 2.75) is 53.5 Å². The number of aryl methyl sites for hydroxylation is 1. The van der Waals surface area contributed by atoms with Crippen molar-refractivity contribution < 1.29 is 0 Å². The summed E-state index contributed by atoms with van der Waals surface area (Å²) in [4.78, 5) is 11.6. The number of fused-ring (bicyclic) bond motifs is 1. The first kappa shape index (κ1) is 16.0. The molecule has 2 aromatic rings. The first-order chi connectivity index (χ1) is 9.99. The van der Waals surface area contributed by atoms with E-state index in [2.05, 4.69) is 61.3 Å². The Bertz CT molecular complexity index is 591. The molecular weight excluding hydrogens is 280 g/mol. The summed E-state index contributed by atoms with van der Waals surface area (Å²) in [6.07, 6.45) is 2.20. The number of nitrogens with zero attached hydrogens (tertiary/aromatic N) is 2. The Morgan fingerprint density at radius 1 is 1.24 bits per heavy atom. The lowest BCUT2D eigenvalue weighted by atomic mass is 10.1. The second kappa shape index (κ2) is 7.07. The van der Waals surface area contributed by atoms with Crippen LogP contribution in [0.25, 0.3) is 10.2 Å². The number of anilines is 2. The summed E-state index contributed by atoms with van der Waals surface area (Å²) < 4.78 is 0. The maximum Gasteiger partial charge on any atom is 0.226 e. The van der Waals surface area contributed by atoms with E-state index in [1.54, 1.807) is 11.3 Å². The quantitative estimate of drug-likeness (QED) is 0.780. The van der Waals surface area contributed by atoms with Crippen LogP contribution < -0.4 is 10.6 Å². The summed E-state index contributed by atoms with van der Waals surface area (Å²) in [7, 11) is 0. The third kappa shape index (κ3) is 4.30. The van der Waals surface area contributed by atoms with Gasteiger partial charge >= 0.3 is 0 Å². The number of hydrogen-bond acceptors (Lipinski definition) is 5. The summed E-state index contributed by atoms with van der Waals surface area (Å²) in [6, 6.07) is 2.58. The van der Waals surface area contributed by atoms with Gasteiger partial charge in [0.2, 0.25) is 5.95 Å². The zero-order valence-corrected chi connectivity index (χ0v) is 14.5. The van der Waals surface area contributed by atoms with E-state index in [4.69, 9.17) is 0 Å². The molecule has 0 radical (unpaired) electrons. The van der Waals surface area contributed by atoms with Crippen molar-refractivity contribution in [3.8, 4) is 0 Å². The number of aromatic nitrogens is 2. The van der Waals surface area contributed by atoms with Crippen LogP contribution in [0.15, 0.2) is 6.07 Å². The topological polar surface area (TPSA) is 49.8 Å². The molecule has 5 heteroatoms. The van der Waals surface area contributed by atoms with Crippen molar-refractivity contribution in [3.63, 3.8) is 0 Å². The summed E-state index contributed by atoms with van der Waals surface area (Å²) in [6.45, 7) is 11.9. The fourth-order valence-electron chi connectivity index (χ4n) is 2.47. The van der Waals surface area contributed by atoms with Gasteiger partial charge in [-0.05, 0) is 38.7 Å². The molecular formula is C16H26N4S. The SMILES string of the molecule is CCCNc1nc(NC(C)CC(C)C)c2cc(C)sc2n1. The van der Waals surface area contributed by atoms with Gasteiger partial charge in [-0.25, -0.2) is 4.98 Å². The lowest BCUT2D eigenvalue weighted by Crippen LogP contribution is -2.19. The Labute approximate surface area is 131 Å². The Morgan fingerprint density at radius 2 is 2.00 bits per heavy atom. The molecule has 0 bridgehead atoms. The molecule has 1 atom stereocenters. The zero-order valence-electron chi connectivity index (χ0n) is 13.7. The highest BCUT2D eigenvalue weighted by atomic mass is 32.1. The van der Waals surface area contributed by atoms with Crippen molar-refractivity contribution in [1.82, 2.24) is 9.97 Å². The minimum Gasteiger partial charge on any atom is -0.367 e. The van der Waals surface area contributed by atoms with Crippen molar-refractivity contribution in [2.75, 3.05) is 17.2 Å². The van der Waals surface area contributed by atoms with Crippen LogP contribution in [0.2, 0.25) is 0 Å². The number of hydrogen-bond donors (Lipinski definition) is 2. The van der Waals surface area contributed by atoms with Crippen LogP contribution >= 0.6 is 11.3 Å². The van der Waals surface area contributed by atoms with Crippen molar-refractivity contribution in [3.05, 3.63) is 10.9 Å². The summed E-state index contributed by atoms with van der Waals surface area (Å²) in [5.41, 5.74) is 0. The molecule has 116 valence electrons. The number of rotatable bonds is 7. The number of thiophene rings is 1. The van der Waals surface area contributed by atoms with Crippen LogP contribution in [-0.4, -0.2) is 22.6 Å². The fraction of sp³-hybridized carbons (Fsp3) is 0.625. The first-order valence-electron chi connectivity index (χ1n) is 7.78. The predicted octanol–water partition coefficient (Wildman–Crippen LogP) is 4.67. The molecule has 0 fully saturated rings. The molecule has 2 heterocycles. The molecule has 0 saturated heterocycles. The molecule has 0 amide bonds. The highest BCUT2D eigenvalue weighted by Gasteiger charge is 2.13. The largest absolute Gasteiger partial charge is 0.367 e. The van der Waals surface area contributed by atoms with E-state index in [1.165, 1.54) is 4.88 Å². The first-order valence-corrected chi connectivity index (χ1v) is 8.59. The van der Waals surface area contributed by atoms with Gasteiger partial charge < -0.3 is 10.6 Å². The molecule has 0 aliphatic rings. The van der Waals surface area contributed by atoms with Gasteiger partial charge in [-0.2, -0.15) is 4.98 Å². The van der Waals surface area contributed by atoms with E-state index in [0.717, 1.165) is 41.4 Å². The van der Waals surface area contributed by atoms with E-state index in [9.17, 15) is 0 Å². The molecule has 4 nitrogen and oxygen atoms in total. The molecule has 0 aliphatic heterocycles. The molecule has 1 unspecified atom stereocenters. The third-order valence-corrected chi connectivity index (χ3v) is 4.20. The maximum absolute atomic E-state index is 4.67. The van der Waals surface area contributed by atoms with Gasteiger partial charge in [0, 0.05) is 17.5 Å². The monoisotopic (exact) mass is 306 g/mol. The van der Waals surface area contributed by atoms with Crippen LogP contribution in [0.1, 0.15) is 45.4 Å². The van der Waals surface area contributed by atoms with E-state index in [1.807, 2.05) is 0 Å². The van der Waals surface area contributed by atoms with Gasteiger partial charge in [0.05, 0.1) is 5.39 Å². The smallest absolute Gasteiger partial charge is 0.226 e. The highest BCUT2D eigenvalue weighted by molar-refractivity contribution is 7.18. The Balaban J connectivity index is 2.30. The molecule has 0 spiro atoms. The summed E-state index contributed by atoms with van der Waals surface area (Å²) in [5, 5.41) is 7.99. The average molecular weight is 306 g/mol. The Morgan fingerprint density at radius 3 is 2.67 bits per heavy atom. The second-order valence-corrected chi connectivity index (χ2v) is 7.31. The standard InChI is InChI=1S/C16H26N4S/c1-6-7-17-16-19-14(18-11(4)8-10(2)3)13-9-12(5)21-15(13)20-16/h9-11H,6-8H2,1-5H3,(H2,17,18,19,20). The van der Waals surface area contributed by atoms with E-state index in [0.29, 0.717) is 12.0 Å². The number of nitrogens with one attached hydrogen (secondary N) is 2. The maximum atomic E-state index is 4.67. The summed E-state index contributed by atoms with van der Waals surface area (Å²) in [5.74, 6) is 2.35. The van der Waals surface area contributed by atoms with Crippen LogP contribution in [0.3, 0.4) is 0 Å². The Kier molecular flexibility index (Phi) is 5.39. The predicted molar refractivity (Wildman–Crippen MR) is 93.5 cm³/mol. The fourth-order valence-corrected chi connectivity index (χ4v) is 3.35. The molecule has 2 aromatic heterocycles. The zero-order chi connectivity index (χ0) is 15.4. The lowest BCUT2D eigenvalue weighted by molar-refractivity contribution is 0.539. The van der Waals surface area contributed by atoms with Gasteiger partial charge in [0.15, 0.2) is 0 Å². The normalized spacial score (nSPS) is 12.9. The Hall–Kier alpha value is -1.36. The van der Waals surface area contributed by atoms with Crippen molar-refractivity contribution >= 4 is 33.3 Å². The minimum absolute atomic E-state index is 0.405. The third-order valence-electron chi connectivity index (χ3n) is 3.26. The minimum atomic E-state index is 0.405. The highest BCUT2D eigenvalue weighted by Crippen LogP contribution is 2.30. The van der Waals surface area contributed by atoms with Gasteiger partial charge in [-0.15, -0.1) is 11.3 Å². The van der Waals surface area contributed by atoms with Crippen LogP contribution in [0.4, 0.5) is 11.8 Å². The van der Waals surface area contributed by atoms with Crippen molar-refractivity contribution in [1.29, 1.82) is 0 Å². The van der Waals surface area contributed by atoms with Crippen LogP contribution in [0.5, 0.6) is 0 Å². The van der Waals surface area contributed by atoms with Gasteiger partial charge in [-0.3, -0.25) is 0 Å². The van der Waals surface area contributed by atoms with E-state index < -0.39 is 0 Å². The summed E-state index contributed by atoms with van der Waals surface area (Å²) >= 11 is 1.72. The lowest BCUT2D eigenvalue weighted by Gasteiger charge is -2.17. The van der Waals surface area contributed by atoms with Crippen LogP contribution in [0, 0.1) is 12.8 Å². The van der Waals surface area contributed by atoms with Crippen molar-refractivity contribution in [2.24, 2.45) is 5.92 Å². The van der Waals surface area contributed by atoms with Gasteiger partial charge in [-0.1, -0.05) is 20.8 Å². The molecule has 2 rings (SSSR count).